The molecule has 0 saturated carbocycles. The molecule has 0 spiro atoms. The van der Waals surface area contributed by atoms with Crippen molar-refractivity contribution in [3.05, 3.63) is 70.2 Å². The first-order chi connectivity index (χ1) is 12.9. The Hall–Kier alpha value is -2.93. The minimum atomic E-state index is -0.431. The number of hydrogen-bond acceptors (Lipinski definition) is 3. The van der Waals surface area contributed by atoms with E-state index in [1.54, 1.807) is 24.3 Å². The van der Waals surface area contributed by atoms with Crippen LogP contribution in [0.2, 0.25) is 0 Å². The summed E-state index contributed by atoms with van der Waals surface area (Å²) >= 11 is 3.37. The second-order valence-electron chi connectivity index (χ2n) is 6.17. The van der Waals surface area contributed by atoms with Crippen molar-refractivity contribution in [3.63, 3.8) is 0 Å². The van der Waals surface area contributed by atoms with Gasteiger partial charge in [-0.15, -0.1) is 0 Å². The van der Waals surface area contributed by atoms with Crippen molar-refractivity contribution in [1.82, 2.24) is 10.2 Å². The molecule has 27 heavy (non-hydrogen) atoms. The average Bonchev–Trinajstić information content (AvgIpc) is 2.88. The topological polar surface area (TPSA) is 78.5 Å². The van der Waals surface area contributed by atoms with Gasteiger partial charge in [0.2, 0.25) is 11.8 Å². The van der Waals surface area contributed by atoms with E-state index in [0.29, 0.717) is 16.9 Å². The molecule has 0 fully saturated rings. The van der Waals surface area contributed by atoms with Crippen LogP contribution in [0.25, 0.3) is 5.70 Å². The quantitative estimate of drug-likeness (QED) is 0.769. The molecule has 3 amide bonds. The molecule has 0 aromatic heterocycles. The second-order valence-corrected chi connectivity index (χ2v) is 7.08. The van der Waals surface area contributed by atoms with E-state index in [9.17, 15) is 14.4 Å². The first kappa shape index (κ1) is 18.8. The predicted molar refractivity (Wildman–Crippen MR) is 107 cm³/mol. The molecule has 3 rings (SSSR count). The van der Waals surface area contributed by atoms with Crippen LogP contribution in [-0.4, -0.2) is 35.7 Å². The molecular weight excluding hydrogens is 410 g/mol. The molecule has 0 saturated heterocycles. The number of nitrogens with zero attached hydrogens (tertiary/aromatic N) is 1. The third kappa shape index (κ3) is 4.09. The number of carbonyl (C=O) groups excluding carboxylic acids is 3. The van der Waals surface area contributed by atoms with Crippen LogP contribution in [0, 0.1) is 6.92 Å². The van der Waals surface area contributed by atoms with Crippen molar-refractivity contribution >= 4 is 45.0 Å². The van der Waals surface area contributed by atoms with E-state index in [1.165, 1.54) is 4.90 Å². The number of halogens is 1. The zero-order valence-electron chi connectivity index (χ0n) is 14.7. The summed E-state index contributed by atoms with van der Waals surface area (Å²) in [7, 11) is 0. The summed E-state index contributed by atoms with van der Waals surface area (Å²) in [6.45, 7) is 5.40. The van der Waals surface area contributed by atoms with Crippen LogP contribution in [0.3, 0.4) is 0 Å². The molecule has 6 nitrogen and oxygen atoms in total. The van der Waals surface area contributed by atoms with Gasteiger partial charge in [0.25, 0.3) is 5.91 Å². The van der Waals surface area contributed by atoms with Gasteiger partial charge in [0.05, 0.1) is 6.54 Å². The fourth-order valence-corrected chi connectivity index (χ4v) is 3.32. The number of benzene rings is 2. The van der Waals surface area contributed by atoms with Gasteiger partial charge in [-0.25, -0.2) is 0 Å². The smallest absolute Gasteiger partial charge is 0.259 e. The van der Waals surface area contributed by atoms with E-state index in [-0.39, 0.29) is 24.9 Å². The van der Waals surface area contributed by atoms with Crippen molar-refractivity contribution in [1.29, 1.82) is 0 Å². The summed E-state index contributed by atoms with van der Waals surface area (Å²) in [6.07, 6.45) is 0. The van der Waals surface area contributed by atoms with E-state index in [2.05, 4.69) is 33.1 Å². The maximum Gasteiger partial charge on any atom is 0.259 e. The molecular formula is C20H18BrN3O3. The van der Waals surface area contributed by atoms with Gasteiger partial charge < -0.3 is 10.6 Å². The summed E-state index contributed by atoms with van der Waals surface area (Å²) in [4.78, 5) is 37.9. The Labute approximate surface area is 165 Å². The highest BCUT2D eigenvalue weighted by atomic mass is 79.9. The molecule has 0 aliphatic carbocycles. The Kier molecular flexibility index (Phi) is 5.41. The minimum Gasteiger partial charge on any atom is -0.345 e. The van der Waals surface area contributed by atoms with Crippen molar-refractivity contribution in [2.24, 2.45) is 0 Å². The summed E-state index contributed by atoms with van der Waals surface area (Å²) < 4.78 is 0.919. The van der Waals surface area contributed by atoms with Gasteiger partial charge in [-0.05, 0) is 36.8 Å². The van der Waals surface area contributed by atoms with Crippen LogP contribution in [0.1, 0.15) is 21.5 Å². The highest BCUT2D eigenvalue weighted by Crippen LogP contribution is 2.30. The Morgan fingerprint density at radius 3 is 2.48 bits per heavy atom. The fourth-order valence-electron chi connectivity index (χ4n) is 2.84. The van der Waals surface area contributed by atoms with Gasteiger partial charge >= 0.3 is 0 Å². The molecule has 1 aliphatic heterocycles. The lowest BCUT2D eigenvalue weighted by atomic mass is 10.1. The van der Waals surface area contributed by atoms with E-state index in [0.717, 1.165) is 15.6 Å². The van der Waals surface area contributed by atoms with Gasteiger partial charge in [-0.2, -0.15) is 0 Å². The van der Waals surface area contributed by atoms with Crippen LogP contribution in [-0.2, 0) is 9.59 Å². The average molecular weight is 428 g/mol. The fraction of sp³-hybridized carbons (Fsp3) is 0.150. The van der Waals surface area contributed by atoms with Crippen LogP contribution >= 0.6 is 15.9 Å². The van der Waals surface area contributed by atoms with Crippen LogP contribution in [0.5, 0.6) is 0 Å². The Morgan fingerprint density at radius 2 is 1.81 bits per heavy atom. The van der Waals surface area contributed by atoms with Crippen LogP contribution in [0.15, 0.2) is 53.5 Å². The third-order valence-electron chi connectivity index (χ3n) is 4.25. The summed E-state index contributed by atoms with van der Waals surface area (Å²) in [6, 6.07) is 12.6. The third-order valence-corrected chi connectivity index (χ3v) is 4.74. The second kappa shape index (κ2) is 7.75. The normalized spacial score (nSPS) is 12.7. The molecule has 2 N–H and O–H groups in total. The zero-order chi connectivity index (χ0) is 19.6. The van der Waals surface area contributed by atoms with E-state index >= 15 is 0 Å². The molecule has 0 atom stereocenters. The lowest BCUT2D eigenvalue weighted by Crippen LogP contribution is -2.40. The minimum absolute atomic E-state index is 0.184. The van der Waals surface area contributed by atoms with E-state index < -0.39 is 5.91 Å². The van der Waals surface area contributed by atoms with Crippen molar-refractivity contribution in [2.45, 2.75) is 6.92 Å². The van der Waals surface area contributed by atoms with Crippen LogP contribution in [0.4, 0.5) is 5.69 Å². The van der Waals surface area contributed by atoms with Crippen molar-refractivity contribution in [2.75, 3.05) is 18.4 Å². The van der Waals surface area contributed by atoms with Gasteiger partial charge in [0.1, 0.15) is 6.54 Å². The first-order valence-corrected chi connectivity index (χ1v) is 9.09. The Morgan fingerprint density at radius 1 is 1.11 bits per heavy atom. The molecule has 2 aromatic rings. The number of aryl methyl sites for hydroxylation is 1. The molecule has 0 bridgehead atoms. The van der Waals surface area contributed by atoms with E-state index in [1.807, 2.05) is 25.1 Å². The molecule has 2 aromatic carbocycles. The molecule has 1 heterocycles. The lowest BCUT2D eigenvalue weighted by molar-refractivity contribution is -0.124. The highest BCUT2D eigenvalue weighted by molar-refractivity contribution is 9.10. The first-order valence-electron chi connectivity index (χ1n) is 8.29. The standard InChI is InChI=1S/C20H18BrN3O3/c1-12-9-14(21)7-8-17(12)23-18(25)10-22-19(26)11-24-13(2)15-5-3-4-6-16(15)20(24)27/h3-9H,2,10-11H2,1H3,(H,22,26)(H,23,25). The van der Waals surface area contributed by atoms with Gasteiger partial charge in [-0.3, -0.25) is 19.3 Å². The summed E-state index contributed by atoms with van der Waals surface area (Å²) in [5, 5.41) is 5.28. The predicted octanol–water partition coefficient (Wildman–Crippen LogP) is 2.94. The van der Waals surface area contributed by atoms with Crippen LogP contribution < -0.4 is 10.6 Å². The van der Waals surface area contributed by atoms with Crippen molar-refractivity contribution in [3.8, 4) is 0 Å². The maximum absolute atomic E-state index is 12.4. The molecule has 138 valence electrons. The van der Waals surface area contributed by atoms with Gasteiger partial charge in [0, 0.05) is 27.0 Å². The molecule has 1 aliphatic rings. The number of rotatable bonds is 5. The summed E-state index contributed by atoms with van der Waals surface area (Å²) in [5.74, 6) is -1.04. The Balaban J connectivity index is 1.54. The number of anilines is 1. The molecule has 7 heteroatoms. The molecule has 0 radical (unpaired) electrons. The Bertz CT molecular complexity index is 920. The van der Waals surface area contributed by atoms with Gasteiger partial charge in [-0.1, -0.05) is 40.7 Å². The molecule has 0 unspecified atom stereocenters. The largest absolute Gasteiger partial charge is 0.345 e. The summed E-state index contributed by atoms with van der Waals surface area (Å²) in [5.41, 5.74) is 3.31. The number of carbonyl (C=O) groups is 3. The number of fused-ring (bicyclic) bond motifs is 1. The van der Waals surface area contributed by atoms with Gasteiger partial charge in [0.15, 0.2) is 0 Å². The number of nitrogens with one attached hydrogen (secondary N) is 2. The number of amides is 3. The monoisotopic (exact) mass is 427 g/mol. The van der Waals surface area contributed by atoms with Crippen molar-refractivity contribution < 1.29 is 14.4 Å². The number of hydrogen-bond donors (Lipinski definition) is 2. The lowest BCUT2D eigenvalue weighted by Gasteiger charge is -2.17. The maximum atomic E-state index is 12.4. The highest BCUT2D eigenvalue weighted by Gasteiger charge is 2.31. The SMILES string of the molecule is C=C1c2ccccc2C(=O)N1CC(=O)NCC(=O)Nc1ccc(Br)cc1C. The van der Waals surface area contributed by atoms with E-state index in [4.69, 9.17) is 0 Å². The zero-order valence-corrected chi connectivity index (χ0v) is 16.3.